The Morgan fingerprint density at radius 1 is 0.895 bits per heavy atom. The molecule has 0 heterocycles. The Labute approximate surface area is 225 Å². The van der Waals surface area contributed by atoms with E-state index < -0.39 is 30.1 Å². The van der Waals surface area contributed by atoms with Crippen molar-refractivity contribution in [3.8, 4) is 5.75 Å². The lowest BCUT2D eigenvalue weighted by Gasteiger charge is -2.42. The highest BCUT2D eigenvalue weighted by atomic mass is 19.2. The van der Waals surface area contributed by atoms with Crippen LogP contribution in [0.4, 0.5) is 17.6 Å². The van der Waals surface area contributed by atoms with Crippen LogP contribution >= 0.6 is 0 Å². The lowest BCUT2D eigenvalue weighted by Crippen LogP contribution is -2.41. The maximum atomic E-state index is 15.4. The van der Waals surface area contributed by atoms with Gasteiger partial charge in [0.1, 0.15) is 12.8 Å². The van der Waals surface area contributed by atoms with Crippen LogP contribution in [0.1, 0.15) is 94.6 Å². The molecule has 0 bridgehead atoms. The Morgan fingerprint density at radius 2 is 1.66 bits per heavy atom. The largest absolute Gasteiger partial charge is 0.490 e. The van der Waals surface area contributed by atoms with Crippen LogP contribution in [-0.2, 0) is 10.3 Å². The van der Waals surface area contributed by atoms with Crippen LogP contribution < -0.4 is 4.74 Å². The van der Waals surface area contributed by atoms with E-state index in [0.29, 0.717) is 24.5 Å². The Morgan fingerprint density at radius 3 is 2.34 bits per heavy atom. The molecule has 2 aromatic rings. The third-order valence-corrected chi connectivity index (χ3v) is 8.78. The van der Waals surface area contributed by atoms with E-state index in [-0.39, 0.29) is 30.6 Å². The summed E-state index contributed by atoms with van der Waals surface area (Å²) in [6.07, 6.45) is 7.69. The van der Waals surface area contributed by atoms with Crippen molar-refractivity contribution in [1.29, 1.82) is 0 Å². The van der Waals surface area contributed by atoms with Crippen molar-refractivity contribution in [3.63, 3.8) is 0 Å². The fourth-order valence-corrected chi connectivity index (χ4v) is 6.47. The molecule has 0 radical (unpaired) electrons. The highest BCUT2D eigenvalue weighted by Crippen LogP contribution is 2.46. The fourth-order valence-electron chi connectivity index (χ4n) is 6.47. The topological polar surface area (TPSA) is 18.5 Å². The highest BCUT2D eigenvalue weighted by molar-refractivity contribution is 5.33. The van der Waals surface area contributed by atoms with Gasteiger partial charge in [0.05, 0.1) is 18.8 Å². The molecule has 0 aliphatic heterocycles. The Bertz CT molecular complexity index is 992. The van der Waals surface area contributed by atoms with Crippen molar-refractivity contribution in [2.24, 2.45) is 11.8 Å². The number of halogens is 4. The summed E-state index contributed by atoms with van der Waals surface area (Å²) in [5.74, 6) is -1.20. The summed E-state index contributed by atoms with van der Waals surface area (Å²) in [6, 6.07) is 12.9. The molecule has 38 heavy (non-hydrogen) atoms. The van der Waals surface area contributed by atoms with E-state index in [1.54, 1.807) is 12.1 Å². The van der Waals surface area contributed by atoms with Gasteiger partial charge in [-0.25, -0.2) is 13.2 Å². The van der Waals surface area contributed by atoms with E-state index in [1.165, 1.54) is 0 Å². The summed E-state index contributed by atoms with van der Waals surface area (Å²) in [5.41, 5.74) is 0.625. The molecule has 210 valence electrons. The van der Waals surface area contributed by atoms with Crippen LogP contribution in [-0.4, -0.2) is 26.1 Å². The third-order valence-electron chi connectivity index (χ3n) is 8.78. The Kier molecular flexibility index (Phi) is 10.5. The summed E-state index contributed by atoms with van der Waals surface area (Å²) in [6.45, 7) is 1.81. The van der Waals surface area contributed by atoms with Gasteiger partial charge in [-0.3, -0.25) is 0 Å². The van der Waals surface area contributed by atoms with E-state index in [2.05, 4.69) is 0 Å². The summed E-state index contributed by atoms with van der Waals surface area (Å²) in [4.78, 5) is 0. The van der Waals surface area contributed by atoms with Crippen LogP contribution in [0.5, 0.6) is 5.75 Å². The van der Waals surface area contributed by atoms with E-state index in [9.17, 15) is 13.2 Å². The van der Waals surface area contributed by atoms with E-state index in [1.807, 2.05) is 37.3 Å². The maximum absolute atomic E-state index is 15.4. The zero-order valence-electron chi connectivity index (χ0n) is 22.6. The molecule has 0 amide bonds. The van der Waals surface area contributed by atoms with Gasteiger partial charge in [-0.2, -0.15) is 4.39 Å². The normalized spacial score (nSPS) is 27.8. The molecule has 0 spiro atoms. The summed E-state index contributed by atoms with van der Waals surface area (Å²) < 4.78 is 69.1. The maximum Gasteiger partial charge on any atom is 0.200 e. The summed E-state index contributed by atoms with van der Waals surface area (Å²) >= 11 is 0. The minimum Gasteiger partial charge on any atom is -0.490 e. The average Bonchev–Trinajstić information content (AvgIpc) is 2.95. The van der Waals surface area contributed by atoms with Crippen molar-refractivity contribution in [3.05, 3.63) is 65.2 Å². The first kappa shape index (κ1) is 28.9. The van der Waals surface area contributed by atoms with Gasteiger partial charge in [0.15, 0.2) is 11.6 Å². The monoisotopic (exact) mass is 534 g/mol. The molecule has 2 aliphatic rings. The molecule has 2 saturated carbocycles. The van der Waals surface area contributed by atoms with Crippen molar-refractivity contribution in [2.75, 3.05) is 19.9 Å². The standard InChI is InChI=1S/C32H42F4O2/c1-2-3-20-37-29-16-15-27(30(35)31(29)36)24-12-9-23(10-13-24)11-14-25-17-18-32(22-28(25)34,38-21-19-33)26-7-5-4-6-8-26/h4-8,15-16,23-25,28H,2-3,9-14,17-22H2,1H3/t23?,24?,25-,28-,32?/m1/s1. The zero-order valence-corrected chi connectivity index (χ0v) is 22.6. The minimum absolute atomic E-state index is 0.00646. The number of unbranched alkanes of at least 4 members (excludes halogenated alkanes) is 1. The summed E-state index contributed by atoms with van der Waals surface area (Å²) in [5, 5.41) is 0. The van der Waals surface area contributed by atoms with E-state index in [0.717, 1.165) is 63.4 Å². The van der Waals surface area contributed by atoms with Gasteiger partial charge in [-0.05, 0) is 86.3 Å². The van der Waals surface area contributed by atoms with Crippen molar-refractivity contribution >= 4 is 0 Å². The quantitative estimate of drug-likeness (QED) is 0.200. The van der Waals surface area contributed by atoms with Gasteiger partial charge in [0.2, 0.25) is 5.82 Å². The second kappa shape index (κ2) is 13.8. The molecule has 0 N–H and O–H groups in total. The molecule has 0 saturated heterocycles. The molecule has 2 aliphatic carbocycles. The lowest BCUT2D eigenvalue weighted by atomic mass is 9.71. The molecular formula is C32H42F4O2. The second-order valence-corrected chi connectivity index (χ2v) is 11.2. The lowest BCUT2D eigenvalue weighted by molar-refractivity contribution is -0.109. The molecule has 0 aromatic heterocycles. The molecule has 4 rings (SSSR count). The van der Waals surface area contributed by atoms with E-state index in [4.69, 9.17) is 9.47 Å². The number of rotatable bonds is 12. The molecule has 6 heteroatoms. The molecule has 2 fully saturated rings. The van der Waals surface area contributed by atoms with Gasteiger partial charge in [0.25, 0.3) is 0 Å². The van der Waals surface area contributed by atoms with Gasteiger partial charge < -0.3 is 9.47 Å². The molecule has 2 aromatic carbocycles. The molecule has 2 nitrogen and oxygen atoms in total. The van der Waals surface area contributed by atoms with E-state index >= 15 is 4.39 Å². The predicted molar refractivity (Wildman–Crippen MR) is 143 cm³/mol. The molecule has 1 unspecified atom stereocenters. The van der Waals surface area contributed by atoms with Crippen molar-refractivity contribution < 1.29 is 27.0 Å². The van der Waals surface area contributed by atoms with Crippen LogP contribution in [0.25, 0.3) is 0 Å². The third kappa shape index (κ3) is 6.91. The zero-order chi connectivity index (χ0) is 27.0. The number of benzene rings is 2. The van der Waals surface area contributed by atoms with Crippen LogP contribution in [0, 0.1) is 23.5 Å². The number of hydrogen-bond donors (Lipinski definition) is 0. The fraction of sp³-hybridized carbons (Fsp3) is 0.625. The first-order valence-corrected chi connectivity index (χ1v) is 14.5. The van der Waals surface area contributed by atoms with Crippen LogP contribution in [0.3, 0.4) is 0 Å². The van der Waals surface area contributed by atoms with Crippen molar-refractivity contribution in [2.45, 2.75) is 95.2 Å². The SMILES string of the molecule is CCCCOc1ccc(C2CCC(CC[C@@H]3CCC(OCCF)(c4ccccc4)C[C@H]3F)CC2)c(F)c1F. The number of alkyl halides is 2. The van der Waals surface area contributed by atoms with Crippen LogP contribution in [0.15, 0.2) is 42.5 Å². The van der Waals surface area contributed by atoms with Gasteiger partial charge in [0, 0.05) is 6.42 Å². The smallest absolute Gasteiger partial charge is 0.200 e. The van der Waals surface area contributed by atoms with Gasteiger partial charge >= 0.3 is 0 Å². The molecule has 3 atom stereocenters. The predicted octanol–water partition coefficient (Wildman–Crippen LogP) is 9.22. The Hall–Kier alpha value is -2.08. The van der Waals surface area contributed by atoms with Crippen LogP contribution in [0.2, 0.25) is 0 Å². The van der Waals surface area contributed by atoms with Crippen molar-refractivity contribution in [1.82, 2.24) is 0 Å². The van der Waals surface area contributed by atoms with Gasteiger partial charge in [-0.15, -0.1) is 0 Å². The highest BCUT2D eigenvalue weighted by Gasteiger charge is 2.43. The Balaban J connectivity index is 1.27. The van der Waals surface area contributed by atoms with Gasteiger partial charge in [-0.1, -0.05) is 56.2 Å². The molecular weight excluding hydrogens is 492 g/mol. The number of hydrogen-bond acceptors (Lipinski definition) is 2. The first-order chi connectivity index (χ1) is 18.5. The minimum atomic E-state index is -0.991. The number of ether oxygens (including phenoxy) is 2. The first-order valence-electron chi connectivity index (χ1n) is 14.5. The second-order valence-electron chi connectivity index (χ2n) is 11.2. The average molecular weight is 535 g/mol. The summed E-state index contributed by atoms with van der Waals surface area (Å²) in [7, 11) is 0.